The van der Waals surface area contributed by atoms with Crippen molar-refractivity contribution in [1.82, 2.24) is 74.4 Å². The van der Waals surface area contributed by atoms with E-state index in [0.29, 0.717) is 108 Å². The summed E-state index contributed by atoms with van der Waals surface area (Å²) in [6, 6.07) is -0.311. The van der Waals surface area contributed by atoms with Crippen molar-refractivity contribution in [3.05, 3.63) is 71.8 Å². The maximum absolute atomic E-state index is 14.9. The molecule has 15 amide bonds. The Bertz CT molecular complexity index is 3420. The molecule has 15 atom stereocenters. The first-order valence-electron chi connectivity index (χ1n) is 41.2. The second-order valence-corrected chi connectivity index (χ2v) is 30.2. The van der Waals surface area contributed by atoms with Gasteiger partial charge in [-0.25, -0.2) is 0 Å². The van der Waals surface area contributed by atoms with Crippen LogP contribution in [-0.4, -0.2) is 219 Å². The van der Waals surface area contributed by atoms with Crippen LogP contribution in [0.2, 0.25) is 0 Å². The van der Waals surface area contributed by atoms with Crippen LogP contribution in [0.3, 0.4) is 0 Å². The van der Waals surface area contributed by atoms with Crippen LogP contribution in [0, 0.1) is 11.8 Å². The quantitative estimate of drug-likeness (QED) is 0.0288. The Morgan fingerprint density at radius 3 is 0.812 bits per heavy atom. The van der Waals surface area contributed by atoms with Crippen LogP contribution in [-0.2, 0) is 84.8 Å². The Balaban J connectivity index is 2.46. The first kappa shape index (κ1) is 103. The van der Waals surface area contributed by atoms with E-state index in [1.807, 2.05) is 20.8 Å². The minimum absolute atomic E-state index is 0.0112. The Labute approximate surface area is 688 Å². The van der Waals surface area contributed by atoms with Crippen molar-refractivity contribution >= 4 is 88.6 Å². The number of carbonyl (C=O) groups is 15. The average molecular weight is 1650 g/mol. The summed E-state index contributed by atoms with van der Waals surface area (Å²) >= 11 is 0. The number of hydrogen-bond acceptors (Lipinski definition) is 22. The molecule has 658 valence electrons. The van der Waals surface area contributed by atoms with Gasteiger partial charge in [0.2, 0.25) is 88.6 Å². The maximum Gasteiger partial charge on any atom is 0.243 e. The number of hydrogen-bond donors (Lipinski definition) is 22. The summed E-state index contributed by atoms with van der Waals surface area (Å²) in [4.78, 5) is 209. The van der Waals surface area contributed by atoms with Crippen LogP contribution >= 0.6 is 0 Å². The van der Waals surface area contributed by atoms with Gasteiger partial charge in [0.25, 0.3) is 0 Å². The summed E-state index contributed by atoms with van der Waals surface area (Å²) in [7, 11) is 0. The van der Waals surface area contributed by atoms with Gasteiger partial charge in [-0.1, -0.05) is 94.8 Å². The van der Waals surface area contributed by atoms with E-state index >= 15 is 0 Å². The largest absolute Gasteiger partial charge is 0.368 e. The minimum atomic E-state index is -1.37. The number of carbonyl (C=O) groups excluding carboxylic acids is 15. The third kappa shape index (κ3) is 40.8. The van der Waals surface area contributed by atoms with E-state index < -0.39 is 173 Å². The fraction of sp³-hybridized carbons (Fsp3) is 0.662. The summed E-state index contributed by atoms with van der Waals surface area (Å²) < 4.78 is 0. The fourth-order valence-corrected chi connectivity index (χ4v) is 12.4. The molecule has 0 spiro atoms. The van der Waals surface area contributed by atoms with Crippen molar-refractivity contribution in [2.75, 3.05) is 45.8 Å². The molecule has 0 bridgehead atoms. The lowest BCUT2D eigenvalue weighted by molar-refractivity contribution is -0.136. The highest BCUT2D eigenvalue weighted by molar-refractivity contribution is 6.00. The summed E-state index contributed by atoms with van der Waals surface area (Å²) in [6.45, 7) is 13.8. The first-order chi connectivity index (χ1) is 55.7. The van der Waals surface area contributed by atoms with Crippen LogP contribution < -0.4 is 120 Å². The molecule has 0 radical (unpaired) electrons. The predicted octanol–water partition coefficient (Wildman–Crippen LogP) is -3.35. The number of primary amides is 1. The molecule has 37 nitrogen and oxygen atoms in total. The Morgan fingerprint density at radius 2 is 0.521 bits per heavy atom. The lowest BCUT2D eigenvalue weighted by atomic mass is 9.97. The molecule has 0 heterocycles. The molecule has 2 aromatic rings. The third-order valence-corrected chi connectivity index (χ3v) is 19.7. The molecule has 30 N–H and O–H groups in total. The smallest absolute Gasteiger partial charge is 0.243 e. The molecular formula is C80H138N22O15. The lowest BCUT2D eigenvalue weighted by Gasteiger charge is -2.29. The molecule has 117 heavy (non-hydrogen) atoms. The van der Waals surface area contributed by atoms with Gasteiger partial charge in [-0.2, -0.15) is 0 Å². The third-order valence-electron chi connectivity index (χ3n) is 19.7. The van der Waals surface area contributed by atoms with Gasteiger partial charge in [-0.05, 0) is 212 Å². The van der Waals surface area contributed by atoms with E-state index in [0.717, 1.165) is 0 Å². The van der Waals surface area contributed by atoms with Crippen LogP contribution in [0.15, 0.2) is 60.7 Å². The van der Waals surface area contributed by atoms with Gasteiger partial charge < -0.3 is 120 Å². The average Bonchev–Trinajstić information content (AvgIpc) is 0.855. The minimum Gasteiger partial charge on any atom is -0.368 e. The van der Waals surface area contributed by atoms with Gasteiger partial charge in [0.1, 0.15) is 84.6 Å². The highest BCUT2D eigenvalue weighted by atomic mass is 16.2. The van der Waals surface area contributed by atoms with Gasteiger partial charge in [-0.3, -0.25) is 71.9 Å². The highest BCUT2D eigenvalue weighted by Gasteiger charge is 2.38. The summed E-state index contributed by atoms with van der Waals surface area (Å²) in [5, 5.41) is 37.6. The van der Waals surface area contributed by atoms with E-state index in [4.69, 9.17) is 45.9 Å². The topological polar surface area (TPSA) is 633 Å². The summed E-state index contributed by atoms with van der Waals surface area (Å²) in [5.74, 6) is -12.0. The SMILES string of the molecule is CC[C@H](C)[C@H](NC(=O)CN)C(=O)N[C@@H](CCCCN)C(=O)N[C@@H](CCCCN)C(=O)N[C@@H](Cc1ccccc1)C(=O)N[C@@H](CC(C)C)C(=O)N[C@@H](CCCCN)C(=O)N[C@@H](CCCCN)C(=O)N[C@@H](C)C(=O)N[C@@H](C)C(=O)N[C@@H](CCCCN)C(=O)N[C@@H](Cc1ccccc1)C(=O)N[C@@H](C)C(=O)N[C@@H](CCCCN)C(=O)N[C@@H](C)C(N)=O. The number of nitrogens with one attached hydrogen (secondary N) is 14. The van der Waals surface area contributed by atoms with E-state index in [2.05, 4.69) is 74.4 Å². The molecule has 0 unspecified atom stereocenters. The standard InChI is InChI=1S/C80H138N22O15/c1-9-49(4)66(102-65(103)47-87)80(117)98-61(37-21-27-43-86)74(111)96-60(36-20-26-42-85)76(113)101-64(46-55-30-14-11-15-31-55)79(116)99-62(44-48(2)3)78(115)97-59(35-19-25-41-84)73(110)95-57(33-17-23-39-82)72(109)91-51(6)68(105)90-52(7)69(106)94-58(34-18-24-40-83)75(112)100-63(45-54-28-12-10-13-29-54)77(114)92-53(8)70(107)93-56(32-16-22-38-81)71(108)89-50(5)67(88)104/h10-15,28-31,48-53,56-64,66H,9,16-27,32-47,81-87H2,1-8H3,(H2,88,104)(H,89,108)(H,90,105)(H,91,109)(H,92,114)(H,93,107)(H,94,106)(H,95,110)(H,96,111)(H,97,115)(H,98,117)(H,99,116)(H,100,112)(H,101,113)(H,102,103)/t49-,50-,51-,52-,53-,56-,57-,58-,59-,60-,61-,62-,63-,64-,66-/m0/s1. The Kier molecular flexibility index (Phi) is 51.3. The zero-order chi connectivity index (χ0) is 87.5. The molecule has 0 saturated heterocycles. The molecule has 37 heteroatoms. The summed E-state index contributed by atoms with van der Waals surface area (Å²) in [6.07, 6.45) is 5.68. The van der Waals surface area contributed by atoms with Crippen molar-refractivity contribution < 1.29 is 71.9 Å². The number of amides is 15. The predicted molar refractivity (Wildman–Crippen MR) is 445 cm³/mol. The van der Waals surface area contributed by atoms with Crippen molar-refractivity contribution in [3.63, 3.8) is 0 Å². The summed E-state index contributed by atoms with van der Waals surface area (Å²) in [5.41, 5.74) is 47.1. The molecule has 2 rings (SSSR count). The van der Waals surface area contributed by atoms with E-state index in [9.17, 15) is 71.9 Å². The number of unbranched alkanes of at least 4 members (excludes halogenated alkanes) is 6. The van der Waals surface area contributed by atoms with Crippen molar-refractivity contribution in [2.24, 2.45) is 57.7 Å². The van der Waals surface area contributed by atoms with Gasteiger partial charge in [-0.15, -0.1) is 0 Å². The molecule has 2 aromatic carbocycles. The molecule has 0 aliphatic carbocycles. The lowest BCUT2D eigenvalue weighted by Crippen LogP contribution is -2.61. The highest BCUT2D eigenvalue weighted by Crippen LogP contribution is 2.16. The van der Waals surface area contributed by atoms with Gasteiger partial charge >= 0.3 is 0 Å². The van der Waals surface area contributed by atoms with Crippen molar-refractivity contribution in [1.29, 1.82) is 0 Å². The Morgan fingerprint density at radius 1 is 0.282 bits per heavy atom. The number of rotatable bonds is 61. The first-order valence-corrected chi connectivity index (χ1v) is 41.2. The molecule has 0 aliphatic heterocycles. The molecule has 0 saturated carbocycles. The van der Waals surface area contributed by atoms with Gasteiger partial charge in [0, 0.05) is 12.8 Å². The molecular weight excluding hydrogens is 1510 g/mol. The maximum atomic E-state index is 14.9. The fourth-order valence-electron chi connectivity index (χ4n) is 12.4. The monoisotopic (exact) mass is 1650 g/mol. The van der Waals surface area contributed by atoms with E-state index in [-0.39, 0.29) is 102 Å². The van der Waals surface area contributed by atoms with Gasteiger partial charge in [0.05, 0.1) is 6.54 Å². The zero-order valence-corrected chi connectivity index (χ0v) is 69.8. The Hall–Kier alpha value is -9.79. The van der Waals surface area contributed by atoms with E-state index in [1.165, 1.54) is 27.7 Å². The normalized spacial score (nSPS) is 15.0. The second kappa shape index (κ2) is 58.1. The van der Waals surface area contributed by atoms with Crippen LogP contribution in [0.5, 0.6) is 0 Å². The second-order valence-electron chi connectivity index (χ2n) is 30.2. The van der Waals surface area contributed by atoms with Gasteiger partial charge in [0.15, 0.2) is 0 Å². The van der Waals surface area contributed by atoms with Crippen LogP contribution in [0.4, 0.5) is 0 Å². The van der Waals surface area contributed by atoms with Crippen LogP contribution in [0.1, 0.15) is 195 Å². The molecule has 0 aliphatic rings. The van der Waals surface area contributed by atoms with E-state index in [1.54, 1.807) is 67.6 Å². The van der Waals surface area contributed by atoms with Crippen LogP contribution in [0.25, 0.3) is 0 Å². The number of benzene rings is 2. The molecule has 0 aromatic heterocycles. The molecule has 0 fully saturated rings. The van der Waals surface area contributed by atoms with Crippen molar-refractivity contribution in [2.45, 2.75) is 281 Å². The zero-order valence-electron chi connectivity index (χ0n) is 69.8. The number of nitrogens with two attached hydrogens (primary N) is 8. The van der Waals surface area contributed by atoms with Crippen molar-refractivity contribution in [3.8, 4) is 0 Å².